The Bertz CT molecular complexity index is 600. The van der Waals surface area contributed by atoms with Crippen molar-refractivity contribution in [3.8, 4) is 0 Å². The second-order valence-electron chi connectivity index (χ2n) is 7.34. The first-order valence-electron chi connectivity index (χ1n) is 8.29. The number of nitrogens with zero attached hydrogens (tertiary/aromatic N) is 3. The van der Waals surface area contributed by atoms with Gasteiger partial charge in [-0.2, -0.15) is 0 Å². The molecule has 3 heteroatoms. The summed E-state index contributed by atoms with van der Waals surface area (Å²) in [6, 6.07) is 10.8. The van der Waals surface area contributed by atoms with Crippen LogP contribution in [0, 0.1) is 5.92 Å². The molecule has 1 atom stereocenters. The van der Waals surface area contributed by atoms with Crippen LogP contribution in [-0.4, -0.2) is 34.6 Å². The van der Waals surface area contributed by atoms with E-state index in [2.05, 4.69) is 71.9 Å². The third-order valence-electron chi connectivity index (χ3n) is 4.84. The molecule has 0 saturated heterocycles. The van der Waals surface area contributed by atoms with Gasteiger partial charge < -0.3 is 9.47 Å². The van der Waals surface area contributed by atoms with Gasteiger partial charge in [0.1, 0.15) is 5.82 Å². The van der Waals surface area contributed by atoms with Crippen molar-refractivity contribution < 1.29 is 0 Å². The number of imidazole rings is 1. The van der Waals surface area contributed by atoms with Crippen LogP contribution in [0.15, 0.2) is 42.7 Å². The molecule has 118 valence electrons. The van der Waals surface area contributed by atoms with E-state index in [1.807, 2.05) is 6.20 Å². The maximum atomic E-state index is 4.48. The number of hydrogen-bond acceptors (Lipinski definition) is 2. The molecule has 0 aliphatic carbocycles. The lowest BCUT2D eigenvalue weighted by Crippen LogP contribution is -2.38. The number of aryl methyl sites for hydroxylation is 1. The van der Waals surface area contributed by atoms with Crippen molar-refractivity contribution in [3.05, 3.63) is 54.1 Å². The van der Waals surface area contributed by atoms with Gasteiger partial charge in [-0.1, -0.05) is 44.2 Å². The fourth-order valence-corrected chi connectivity index (χ4v) is 3.73. The van der Waals surface area contributed by atoms with E-state index in [4.69, 9.17) is 0 Å². The molecule has 0 spiro atoms. The lowest BCUT2D eigenvalue weighted by Gasteiger charge is -2.34. The lowest BCUT2D eigenvalue weighted by atomic mass is 9.84. The topological polar surface area (TPSA) is 21.1 Å². The SMILES string of the molecule is CN(CC1CCn2ccnc2C1)CC(C)(C)c1ccccc1. The molecule has 2 aromatic rings. The molecule has 0 radical (unpaired) electrons. The Morgan fingerprint density at radius 1 is 1.27 bits per heavy atom. The van der Waals surface area contributed by atoms with Crippen LogP contribution < -0.4 is 0 Å². The highest BCUT2D eigenvalue weighted by atomic mass is 15.1. The van der Waals surface area contributed by atoms with Gasteiger partial charge in [0.05, 0.1) is 0 Å². The predicted octanol–water partition coefficient (Wildman–Crippen LogP) is 3.36. The summed E-state index contributed by atoms with van der Waals surface area (Å²) >= 11 is 0. The molecular weight excluding hydrogens is 270 g/mol. The molecule has 0 bridgehead atoms. The Labute approximate surface area is 134 Å². The van der Waals surface area contributed by atoms with Crippen molar-refractivity contribution in [2.24, 2.45) is 5.92 Å². The fourth-order valence-electron chi connectivity index (χ4n) is 3.73. The molecule has 2 heterocycles. The first-order valence-corrected chi connectivity index (χ1v) is 8.29. The molecular formula is C19H27N3. The molecule has 1 aromatic carbocycles. The summed E-state index contributed by atoms with van der Waals surface area (Å²) in [6.07, 6.45) is 6.41. The first kappa shape index (κ1) is 15.3. The molecule has 0 amide bonds. The Kier molecular flexibility index (Phi) is 4.34. The molecule has 1 unspecified atom stereocenters. The van der Waals surface area contributed by atoms with Crippen LogP contribution in [0.3, 0.4) is 0 Å². The Balaban J connectivity index is 1.58. The van der Waals surface area contributed by atoms with E-state index in [9.17, 15) is 0 Å². The Morgan fingerprint density at radius 2 is 2.05 bits per heavy atom. The van der Waals surface area contributed by atoms with E-state index in [-0.39, 0.29) is 5.41 Å². The summed E-state index contributed by atoms with van der Waals surface area (Å²) in [5, 5.41) is 0. The van der Waals surface area contributed by atoms with E-state index in [1.54, 1.807) is 0 Å². The number of likely N-dealkylation sites (N-methyl/N-ethyl adjacent to an activating group) is 1. The van der Waals surface area contributed by atoms with E-state index in [1.165, 1.54) is 17.8 Å². The van der Waals surface area contributed by atoms with Crippen molar-refractivity contribution in [3.63, 3.8) is 0 Å². The van der Waals surface area contributed by atoms with Crippen molar-refractivity contribution >= 4 is 0 Å². The molecule has 0 N–H and O–H groups in total. The Morgan fingerprint density at radius 3 is 2.82 bits per heavy atom. The van der Waals surface area contributed by atoms with E-state index >= 15 is 0 Å². The summed E-state index contributed by atoms with van der Waals surface area (Å²) < 4.78 is 2.30. The van der Waals surface area contributed by atoms with Crippen molar-refractivity contribution in [1.29, 1.82) is 0 Å². The zero-order valence-corrected chi connectivity index (χ0v) is 14.0. The average Bonchev–Trinajstić information content (AvgIpc) is 2.95. The van der Waals surface area contributed by atoms with Gasteiger partial charge in [0.2, 0.25) is 0 Å². The zero-order chi connectivity index (χ0) is 15.6. The highest BCUT2D eigenvalue weighted by Gasteiger charge is 2.25. The third kappa shape index (κ3) is 3.41. The van der Waals surface area contributed by atoms with Crippen LogP contribution in [0.25, 0.3) is 0 Å². The summed E-state index contributed by atoms with van der Waals surface area (Å²) in [7, 11) is 2.26. The number of hydrogen-bond donors (Lipinski definition) is 0. The van der Waals surface area contributed by atoms with E-state index < -0.39 is 0 Å². The van der Waals surface area contributed by atoms with Gasteiger partial charge in [-0.25, -0.2) is 4.98 Å². The monoisotopic (exact) mass is 297 g/mol. The van der Waals surface area contributed by atoms with Crippen LogP contribution in [0.4, 0.5) is 0 Å². The number of fused-ring (bicyclic) bond motifs is 1. The van der Waals surface area contributed by atoms with Gasteiger partial charge in [-0.15, -0.1) is 0 Å². The number of aromatic nitrogens is 2. The Hall–Kier alpha value is -1.61. The van der Waals surface area contributed by atoms with Crippen molar-refractivity contribution in [2.75, 3.05) is 20.1 Å². The minimum Gasteiger partial charge on any atom is -0.335 e. The zero-order valence-electron chi connectivity index (χ0n) is 14.0. The predicted molar refractivity (Wildman–Crippen MR) is 91.0 cm³/mol. The minimum absolute atomic E-state index is 0.184. The van der Waals surface area contributed by atoms with Gasteiger partial charge in [0.25, 0.3) is 0 Å². The van der Waals surface area contributed by atoms with Gasteiger partial charge in [0, 0.05) is 43.9 Å². The van der Waals surface area contributed by atoms with Crippen LogP contribution in [0.1, 0.15) is 31.7 Å². The largest absolute Gasteiger partial charge is 0.335 e. The molecule has 0 fully saturated rings. The van der Waals surface area contributed by atoms with Crippen LogP contribution in [0.5, 0.6) is 0 Å². The van der Waals surface area contributed by atoms with Crippen LogP contribution >= 0.6 is 0 Å². The standard InChI is InChI=1S/C19H27N3/c1-19(2,17-7-5-4-6-8-17)15-21(3)14-16-9-11-22-12-10-20-18(22)13-16/h4-8,10,12,16H,9,11,13-15H2,1-3H3. The van der Waals surface area contributed by atoms with Crippen molar-refractivity contribution in [2.45, 2.75) is 38.6 Å². The molecule has 1 aromatic heterocycles. The smallest absolute Gasteiger partial charge is 0.108 e. The van der Waals surface area contributed by atoms with Gasteiger partial charge in [-0.05, 0) is 24.9 Å². The summed E-state index contributed by atoms with van der Waals surface area (Å²) in [6.45, 7) is 8.04. The first-order chi connectivity index (χ1) is 10.5. The second-order valence-corrected chi connectivity index (χ2v) is 7.34. The molecule has 1 aliphatic rings. The van der Waals surface area contributed by atoms with Crippen LogP contribution in [-0.2, 0) is 18.4 Å². The number of rotatable bonds is 5. The van der Waals surface area contributed by atoms with E-state index in [0.717, 1.165) is 32.0 Å². The van der Waals surface area contributed by atoms with Gasteiger partial charge >= 0.3 is 0 Å². The maximum absolute atomic E-state index is 4.48. The quantitative estimate of drug-likeness (QED) is 0.844. The van der Waals surface area contributed by atoms with Gasteiger partial charge in [-0.3, -0.25) is 0 Å². The molecule has 0 saturated carbocycles. The second kappa shape index (κ2) is 6.25. The highest BCUT2D eigenvalue weighted by molar-refractivity contribution is 5.23. The van der Waals surface area contributed by atoms with E-state index in [0.29, 0.717) is 0 Å². The molecule has 3 rings (SSSR count). The lowest BCUT2D eigenvalue weighted by molar-refractivity contribution is 0.210. The van der Waals surface area contributed by atoms with Gasteiger partial charge in [0.15, 0.2) is 0 Å². The summed E-state index contributed by atoms with van der Waals surface area (Å²) in [5.74, 6) is 1.98. The maximum Gasteiger partial charge on any atom is 0.108 e. The fraction of sp³-hybridized carbons (Fsp3) is 0.526. The summed E-state index contributed by atoms with van der Waals surface area (Å²) in [5.41, 5.74) is 1.60. The minimum atomic E-state index is 0.184. The highest BCUT2D eigenvalue weighted by Crippen LogP contribution is 2.25. The molecule has 3 nitrogen and oxygen atoms in total. The molecule has 1 aliphatic heterocycles. The average molecular weight is 297 g/mol. The van der Waals surface area contributed by atoms with Crippen molar-refractivity contribution in [1.82, 2.24) is 14.5 Å². The molecule has 22 heavy (non-hydrogen) atoms. The van der Waals surface area contributed by atoms with Crippen LogP contribution in [0.2, 0.25) is 0 Å². The third-order valence-corrected chi connectivity index (χ3v) is 4.84. The number of benzene rings is 1. The summed E-state index contributed by atoms with van der Waals surface area (Å²) in [4.78, 5) is 6.98. The normalized spacial score (nSPS) is 18.5.